The van der Waals surface area contributed by atoms with Crippen LogP contribution in [0.15, 0.2) is 47.9 Å². The average Bonchev–Trinajstić information content (AvgIpc) is 3.02. The minimum absolute atomic E-state index is 0.492. The maximum Gasteiger partial charge on any atom is 0.191 e. The fourth-order valence-electron chi connectivity index (χ4n) is 2.16. The van der Waals surface area contributed by atoms with E-state index in [2.05, 4.69) is 20.2 Å². The molecule has 0 amide bonds. The zero-order valence-corrected chi connectivity index (χ0v) is 14.7. The van der Waals surface area contributed by atoms with Gasteiger partial charge >= 0.3 is 0 Å². The van der Waals surface area contributed by atoms with Crippen molar-refractivity contribution in [2.24, 2.45) is 0 Å². The van der Waals surface area contributed by atoms with Crippen molar-refractivity contribution in [1.29, 1.82) is 0 Å². The second kappa shape index (κ2) is 8.23. The first-order valence-corrected chi connectivity index (χ1v) is 8.71. The van der Waals surface area contributed by atoms with Gasteiger partial charge in [-0.25, -0.2) is 4.98 Å². The van der Waals surface area contributed by atoms with E-state index in [1.807, 2.05) is 28.8 Å². The molecule has 0 fully saturated rings. The van der Waals surface area contributed by atoms with Gasteiger partial charge in [-0.05, 0) is 24.3 Å². The quantitative estimate of drug-likeness (QED) is 0.475. The second-order valence-electron chi connectivity index (χ2n) is 4.93. The highest BCUT2D eigenvalue weighted by Gasteiger charge is 2.14. The highest BCUT2D eigenvalue weighted by molar-refractivity contribution is 7.98. The van der Waals surface area contributed by atoms with Gasteiger partial charge in [0.15, 0.2) is 11.0 Å². The van der Waals surface area contributed by atoms with Crippen molar-refractivity contribution in [1.82, 2.24) is 24.7 Å². The SMILES string of the molecule is COCCn1c(SCc2cccc(Cl)n2)nnc1-c1ccncc1. The summed E-state index contributed by atoms with van der Waals surface area (Å²) in [6.45, 7) is 1.26. The van der Waals surface area contributed by atoms with E-state index in [0.29, 0.717) is 24.1 Å². The van der Waals surface area contributed by atoms with Crippen LogP contribution in [0.2, 0.25) is 5.15 Å². The van der Waals surface area contributed by atoms with Crippen LogP contribution in [-0.2, 0) is 17.0 Å². The van der Waals surface area contributed by atoms with Crippen LogP contribution in [0, 0.1) is 0 Å². The van der Waals surface area contributed by atoms with Crippen LogP contribution in [0.4, 0.5) is 0 Å². The summed E-state index contributed by atoms with van der Waals surface area (Å²) in [5, 5.41) is 9.97. The smallest absolute Gasteiger partial charge is 0.191 e. The molecule has 0 aliphatic heterocycles. The van der Waals surface area contributed by atoms with Gasteiger partial charge < -0.3 is 4.74 Å². The Labute approximate surface area is 149 Å². The Morgan fingerprint density at radius 1 is 1.17 bits per heavy atom. The summed E-state index contributed by atoms with van der Waals surface area (Å²) in [5.74, 6) is 1.47. The summed E-state index contributed by atoms with van der Waals surface area (Å²) in [7, 11) is 1.68. The predicted molar refractivity (Wildman–Crippen MR) is 93.9 cm³/mol. The van der Waals surface area contributed by atoms with Crippen LogP contribution in [0.3, 0.4) is 0 Å². The summed E-state index contributed by atoms with van der Waals surface area (Å²) in [6, 6.07) is 9.43. The predicted octanol–water partition coefficient (Wildman–Crippen LogP) is 3.33. The van der Waals surface area contributed by atoms with Crippen LogP contribution in [-0.4, -0.2) is 38.4 Å². The second-order valence-corrected chi connectivity index (χ2v) is 6.26. The Hall–Kier alpha value is -1.96. The summed E-state index contributed by atoms with van der Waals surface area (Å²) in [6.07, 6.45) is 3.49. The number of thioether (sulfide) groups is 1. The normalized spacial score (nSPS) is 10.9. The molecule has 0 aliphatic carbocycles. The lowest BCUT2D eigenvalue weighted by Crippen LogP contribution is -2.07. The molecule has 3 heterocycles. The molecule has 6 nitrogen and oxygen atoms in total. The Morgan fingerprint density at radius 2 is 2.00 bits per heavy atom. The van der Waals surface area contributed by atoms with Gasteiger partial charge in [0, 0.05) is 30.8 Å². The fraction of sp³-hybridized carbons (Fsp3) is 0.250. The van der Waals surface area contributed by atoms with Gasteiger partial charge in [0.05, 0.1) is 18.8 Å². The molecule has 0 atom stereocenters. The summed E-state index contributed by atoms with van der Waals surface area (Å²) < 4.78 is 7.26. The average molecular weight is 362 g/mol. The number of halogens is 1. The third-order valence-electron chi connectivity index (χ3n) is 3.30. The third kappa shape index (κ3) is 4.11. The molecular formula is C16H16ClN5OS. The molecule has 3 aromatic rings. The van der Waals surface area contributed by atoms with Crippen LogP contribution >= 0.6 is 23.4 Å². The van der Waals surface area contributed by atoms with E-state index in [-0.39, 0.29) is 0 Å². The van der Waals surface area contributed by atoms with Gasteiger partial charge in [0.1, 0.15) is 5.15 Å². The zero-order valence-electron chi connectivity index (χ0n) is 13.1. The minimum atomic E-state index is 0.492. The van der Waals surface area contributed by atoms with Gasteiger partial charge in [-0.15, -0.1) is 10.2 Å². The maximum absolute atomic E-state index is 5.93. The van der Waals surface area contributed by atoms with Gasteiger partial charge in [0.25, 0.3) is 0 Å². The highest BCUT2D eigenvalue weighted by atomic mass is 35.5. The van der Waals surface area contributed by atoms with E-state index in [1.54, 1.807) is 37.3 Å². The van der Waals surface area contributed by atoms with E-state index in [4.69, 9.17) is 16.3 Å². The lowest BCUT2D eigenvalue weighted by molar-refractivity contribution is 0.185. The Morgan fingerprint density at radius 3 is 2.75 bits per heavy atom. The number of rotatable bonds is 7. The number of nitrogens with zero attached hydrogens (tertiary/aromatic N) is 5. The minimum Gasteiger partial charge on any atom is -0.383 e. The number of hydrogen-bond acceptors (Lipinski definition) is 6. The molecule has 0 saturated carbocycles. The van der Waals surface area contributed by atoms with E-state index < -0.39 is 0 Å². The topological polar surface area (TPSA) is 65.7 Å². The molecule has 124 valence electrons. The maximum atomic E-state index is 5.93. The molecule has 0 saturated heterocycles. The van der Waals surface area contributed by atoms with Crippen molar-refractivity contribution in [3.8, 4) is 11.4 Å². The van der Waals surface area contributed by atoms with Gasteiger partial charge in [-0.1, -0.05) is 29.4 Å². The third-order valence-corrected chi connectivity index (χ3v) is 4.51. The molecule has 0 N–H and O–H groups in total. The molecule has 0 aromatic carbocycles. The van der Waals surface area contributed by atoms with Gasteiger partial charge in [-0.3, -0.25) is 9.55 Å². The molecule has 3 aromatic heterocycles. The van der Waals surface area contributed by atoms with E-state index in [9.17, 15) is 0 Å². The first-order valence-electron chi connectivity index (χ1n) is 7.34. The monoisotopic (exact) mass is 361 g/mol. The standard InChI is InChI=1S/C16H16ClN5OS/c1-23-10-9-22-15(12-5-7-18-8-6-12)20-21-16(22)24-11-13-3-2-4-14(17)19-13/h2-8H,9-11H2,1H3. The summed E-state index contributed by atoms with van der Waals surface area (Å²) in [4.78, 5) is 8.34. The number of pyridine rings is 2. The first kappa shape index (κ1) is 16.9. The Bertz CT molecular complexity index is 796. The fourth-order valence-corrected chi connectivity index (χ4v) is 3.21. The molecule has 0 radical (unpaired) electrons. The van der Waals surface area contributed by atoms with Crippen LogP contribution in [0.1, 0.15) is 5.69 Å². The van der Waals surface area contributed by atoms with E-state index in [1.165, 1.54) is 0 Å². The summed E-state index contributed by atoms with van der Waals surface area (Å²) >= 11 is 7.51. The van der Waals surface area contributed by atoms with E-state index in [0.717, 1.165) is 22.2 Å². The van der Waals surface area contributed by atoms with Crippen molar-refractivity contribution < 1.29 is 4.74 Å². The van der Waals surface area contributed by atoms with Crippen molar-refractivity contribution in [2.45, 2.75) is 17.5 Å². The number of hydrogen-bond donors (Lipinski definition) is 0. The lowest BCUT2D eigenvalue weighted by Gasteiger charge is -2.09. The Kier molecular flexibility index (Phi) is 5.79. The molecule has 0 unspecified atom stereocenters. The van der Waals surface area contributed by atoms with Crippen molar-refractivity contribution in [3.05, 3.63) is 53.6 Å². The van der Waals surface area contributed by atoms with Gasteiger partial charge in [-0.2, -0.15) is 0 Å². The molecule has 8 heteroatoms. The summed E-state index contributed by atoms with van der Waals surface area (Å²) in [5.41, 5.74) is 1.88. The first-order chi connectivity index (χ1) is 11.8. The van der Waals surface area contributed by atoms with Crippen molar-refractivity contribution in [2.75, 3.05) is 13.7 Å². The zero-order chi connectivity index (χ0) is 16.8. The number of methoxy groups -OCH3 is 1. The van der Waals surface area contributed by atoms with Crippen LogP contribution in [0.5, 0.6) is 0 Å². The van der Waals surface area contributed by atoms with Crippen molar-refractivity contribution in [3.63, 3.8) is 0 Å². The van der Waals surface area contributed by atoms with Crippen LogP contribution < -0.4 is 0 Å². The largest absolute Gasteiger partial charge is 0.383 e. The van der Waals surface area contributed by atoms with Gasteiger partial charge in [0.2, 0.25) is 0 Å². The number of ether oxygens (including phenoxy) is 1. The molecule has 24 heavy (non-hydrogen) atoms. The molecule has 3 rings (SSSR count). The van der Waals surface area contributed by atoms with E-state index >= 15 is 0 Å². The molecule has 0 spiro atoms. The van der Waals surface area contributed by atoms with Crippen molar-refractivity contribution >= 4 is 23.4 Å². The molecular weight excluding hydrogens is 346 g/mol. The molecule has 0 bridgehead atoms. The Balaban J connectivity index is 1.83. The van der Waals surface area contributed by atoms with Crippen LogP contribution in [0.25, 0.3) is 11.4 Å². The molecule has 0 aliphatic rings. The lowest BCUT2D eigenvalue weighted by atomic mass is 10.2. The number of aromatic nitrogens is 5. The highest BCUT2D eigenvalue weighted by Crippen LogP contribution is 2.26.